The summed E-state index contributed by atoms with van der Waals surface area (Å²) in [5.74, 6) is 1.34. The highest BCUT2D eigenvalue weighted by atomic mass is 32.2. The fourth-order valence-electron chi connectivity index (χ4n) is 2.31. The topological polar surface area (TPSA) is 103 Å². The molecule has 0 aliphatic carbocycles. The van der Waals surface area contributed by atoms with E-state index in [2.05, 4.69) is 4.72 Å². The van der Waals surface area contributed by atoms with E-state index in [9.17, 15) is 13.5 Å². The highest BCUT2D eigenvalue weighted by molar-refractivity contribution is 7.95. The first kappa shape index (κ1) is 20.2. The van der Waals surface area contributed by atoms with Gasteiger partial charge in [-0.2, -0.15) is 0 Å². The molecule has 146 valence electrons. The maximum absolute atomic E-state index is 12.3. The Morgan fingerprint density at radius 2 is 1.48 bits per heavy atom. The van der Waals surface area contributed by atoms with Gasteiger partial charge in [0.1, 0.15) is 17.2 Å². The van der Waals surface area contributed by atoms with Crippen molar-refractivity contribution in [2.45, 2.75) is 0 Å². The predicted octanol–water partition coefficient (Wildman–Crippen LogP) is 2.84. The summed E-state index contributed by atoms with van der Waals surface area (Å²) in [6.07, 6.45) is 1.35. The molecule has 0 bridgehead atoms. The number of sulfonamides is 1. The number of aromatic hydroxyl groups is 1. The molecule has 9 heteroatoms. The lowest BCUT2D eigenvalue weighted by molar-refractivity contribution is 0.373. The molecule has 0 aliphatic heterocycles. The minimum Gasteiger partial charge on any atom is -0.504 e. The predicted molar refractivity (Wildman–Crippen MR) is 102 cm³/mol. The van der Waals surface area contributed by atoms with Crippen molar-refractivity contribution in [3.8, 4) is 28.7 Å². The van der Waals surface area contributed by atoms with Crippen LogP contribution >= 0.6 is 0 Å². The van der Waals surface area contributed by atoms with E-state index >= 15 is 0 Å². The minimum absolute atomic E-state index is 0.180. The Kier molecular flexibility index (Phi) is 6.40. The summed E-state index contributed by atoms with van der Waals surface area (Å²) >= 11 is 0. The third kappa shape index (κ3) is 4.98. The van der Waals surface area contributed by atoms with Crippen LogP contribution in [0.2, 0.25) is 0 Å². The van der Waals surface area contributed by atoms with Gasteiger partial charge < -0.3 is 24.1 Å². The second-order valence-corrected chi connectivity index (χ2v) is 6.85. The molecule has 0 saturated heterocycles. The van der Waals surface area contributed by atoms with E-state index in [1.165, 1.54) is 52.7 Å². The Labute approximate surface area is 158 Å². The van der Waals surface area contributed by atoms with E-state index in [-0.39, 0.29) is 17.2 Å². The maximum atomic E-state index is 12.3. The van der Waals surface area contributed by atoms with E-state index in [1.807, 2.05) is 0 Å². The lowest BCUT2D eigenvalue weighted by Crippen LogP contribution is -2.08. The van der Waals surface area contributed by atoms with Gasteiger partial charge in [-0.05, 0) is 18.2 Å². The third-order valence-electron chi connectivity index (χ3n) is 3.61. The monoisotopic (exact) mass is 395 g/mol. The molecule has 0 spiro atoms. The van der Waals surface area contributed by atoms with Gasteiger partial charge in [0, 0.05) is 18.2 Å². The van der Waals surface area contributed by atoms with Gasteiger partial charge in [0.2, 0.25) is 0 Å². The first-order valence-corrected chi connectivity index (χ1v) is 9.26. The zero-order valence-corrected chi connectivity index (χ0v) is 16.2. The van der Waals surface area contributed by atoms with Crippen molar-refractivity contribution in [3.05, 3.63) is 41.3 Å². The van der Waals surface area contributed by atoms with Crippen LogP contribution in [0.15, 0.2) is 35.7 Å². The van der Waals surface area contributed by atoms with Crippen LogP contribution in [0.1, 0.15) is 5.56 Å². The molecule has 0 atom stereocenters. The fraction of sp³-hybridized carbons (Fsp3) is 0.222. The highest BCUT2D eigenvalue weighted by Crippen LogP contribution is 2.35. The van der Waals surface area contributed by atoms with Gasteiger partial charge in [-0.25, -0.2) is 8.42 Å². The number of hydrogen-bond acceptors (Lipinski definition) is 7. The molecule has 0 unspecified atom stereocenters. The Bertz CT molecular complexity index is 914. The molecule has 2 aromatic carbocycles. The lowest BCUT2D eigenvalue weighted by Gasteiger charge is -2.12. The number of ether oxygens (including phenoxy) is 4. The van der Waals surface area contributed by atoms with Crippen molar-refractivity contribution in [1.82, 2.24) is 0 Å². The average Bonchev–Trinajstić information content (AvgIpc) is 2.65. The molecule has 0 aliphatic rings. The Morgan fingerprint density at radius 3 is 1.96 bits per heavy atom. The number of anilines is 1. The van der Waals surface area contributed by atoms with E-state index in [0.29, 0.717) is 22.8 Å². The molecule has 0 fully saturated rings. The molecule has 0 saturated carbocycles. The standard InChI is InChI=1S/C18H21NO7S/c1-23-13-10-17(25-3)14(18(11-13)26-4)7-8-27(21,22)19-12-5-6-16(24-2)15(20)9-12/h5-11,19-20H,1-4H3/b8-7+. The molecule has 0 heterocycles. The third-order valence-corrected chi connectivity index (χ3v) is 4.62. The number of phenolic OH excluding ortho intramolecular Hbond substituents is 1. The summed E-state index contributed by atoms with van der Waals surface area (Å²) < 4.78 is 47.7. The van der Waals surface area contributed by atoms with Crippen LogP contribution in [0, 0.1) is 0 Å². The van der Waals surface area contributed by atoms with Crippen LogP contribution in [0.5, 0.6) is 28.7 Å². The van der Waals surface area contributed by atoms with Crippen LogP contribution in [0.3, 0.4) is 0 Å². The smallest absolute Gasteiger partial charge is 0.255 e. The van der Waals surface area contributed by atoms with Gasteiger partial charge in [-0.3, -0.25) is 4.72 Å². The van der Waals surface area contributed by atoms with E-state index in [0.717, 1.165) is 5.41 Å². The van der Waals surface area contributed by atoms with Crippen LogP contribution in [0.25, 0.3) is 6.08 Å². The molecule has 2 aromatic rings. The molecule has 0 aromatic heterocycles. The van der Waals surface area contributed by atoms with Crippen molar-refractivity contribution in [1.29, 1.82) is 0 Å². The number of hydrogen-bond donors (Lipinski definition) is 2. The van der Waals surface area contributed by atoms with E-state index in [1.54, 1.807) is 12.1 Å². The summed E-state index contributed by atoms with van der Waals surface area (Å²) in [6.45, 7) is 0. The highest BCUT2D eigenvalue weighted by Gasteiger charge is 2.13. The molecule has 27 heavy (non-hydrogen) atoms. The van der Waals surface area contributed by atoms with Crippen LogP contribution in [-0.4, -0.2) is 42.0 Å². The second kappa shape index (κ2) is 8.54. The summed E-state index contributed by atoms with van der Waals surface area (Å²) in [5, 5.41) is 10.7. The van der Waals surface area contributed by atoms with Crippen molar-refractivity contribution >= 4 is 21.8 Å². The molecular formula is C18H21NO7S. The summed E-state index contributed by atoms with van der Waals surface area (Å²) in [6, 6.07) is 7.40. The van der Waals surface area contributed by atoms with Gasteiger partial charge in [0.15, 0.2) is 11.5 Å². The van der Waals surface area contributed by atoms with Crippen molar-refractivity contribution in [2.24, 2.45) is 0 Å². The van der Waals surface area contributed by atoms with Crippen LogP contribution in [-0.2, 0) is 10.0 Å². The number of rotatable bonds is 8. The first-order valence-electron chi connectivity index (χ1n) is 7.71. The average molecular weight is 395 g/mol. The number of benzene rings is 2. The number of methoxy groups -OCH3 is 4. The van der Waals surface area contributed by atoms with E-state index < -0.39 is 10.0 Å². The van der Waals surface area contributed by atoms with Gasteiger partial charge in [-0.1, -0.05) is 0 Å². The summed E-state index contributed by atoms with van der Waals surface area (Å²) in [4.78, 5) is 0. The molecule has 8 nitrogen and oxygen atoms in total. The van der Waals surface area contributed by atoms with Crippen LogP contribution < -0.4 is 23.7 Å². The van der Waals surface area contributed by atoms with Crippen molar-refractivity contribution in [2.75, 3.05) is 33.2 Å². The zero-order chi connectivity index (χ0) is 20.0. The molecule has 2 rings (SSSR count). The van der Waals surface area contributed by atoms with Crippen molar-refractivity contribution < 1.29 is 32.5 Å². The first-order chi connectivity index (χ1) is 12.8. The second-order valence-electron chi connectivity index (χ2n) is 5.28. The molecule has 0 radical (unpaired) electrons. The maximum Gasteiger partial charge on any atom is 0.255 e. The zero-order valence-electron chi connectivity index (χ0n) is 15.3. The minimum atomic E-state index is -3.86. The van der Waals surface area contributed by atoms with Gasteiger partial charge >= 0.3 is 0 Å². The molecule has 2 N–H and O–H groups in total. The van der Waals surface area contributed by atoms with Crippen molar-refractivity contribution in [3.63, 3.8) is 0 Å². The Hall–Kier alpha value is -3.07. The number of nitrogens with one attached hydrogen (secondary N) is 1. The normalized spacial score (nSPS) is 11.3. The Morgan fingerprint density at radius 1 is 0.889 bits per heavy atom. The lowest BCUT2D eigenvalue weighted by atomic mass is 10.1. The van der Waals surface area contributed by atoms with Gasteiger partial charge in [-0.15, -0.1) is 0 Å². The SMILES string of the molecule is COc1cc(OC)c(/C=C/S(=O)(=O)Nc2ccc(OC)c(O)c2)c(OC)c1. The largest absolute Gasteiger partial charge is 0.504 e. The fourth-order valence-corrected chi connectivity index (χ4v) is 3.15. The molecular weight excluding hydrogens is 374 g/mol. The van der Waals surface area contributed by atoms with Gasteiger partial charge in [0.05, 0.1) is 45.1 Å². The summed E-state index contributed by atoms with van der Waals surface area (Å²) in [7, 11) is 1.96. The quantitative estimate of drug-likeness (QED) is 0.708. The summed E-state index contributed by atoms with van der Waals surface area (Å²) in [5.41, 5.74) is 0.621. The number of phenols is 1. The molecule has 0 amide bonds. The Balaban J connectivity index is 2.32. The van der Waals surface area contributed by atoms with Gasteiger partial charge in [0.25, 0.3) is 10.0 Å². The van der Waals surface area contributed by atoms with E-state index in [4.69, 9.17) is 18.9 Å². The van der Waals surface area contributed by atoms with Crippen LogP contribution in [0.4, 0.5) is 5.69 Å².